The molecule has 3 nitrogen and oxygen atoms in total. The van der Waals surface area contributed by atoms with Gasteiger partial charge in [0.1, 0.15) is 0 Å². The number of rotatable bonds is 0. The van der Waals surface area contributed by atoms with Crippen LogP contribution in [0.4, 0.5) is 0 Å². The van der Waals surface area contributed by atoms with Gasteiger partial charge in [-0.25, -0.2) is 0 Å². The fraction of sp³-hybridized carbons (Fsp3) is 0.500. The van der Waals surface area contributed by atoms with E-state index in [-0.39, 0.29) is 16.4 Å². The second kappa shape index (κ2) is 3.08. The van der Waals surface area contributed by atoms with Crippen LogP contribution >= 0.6 is 23.2 Å². The Bertz CT molecular complexity index is 320. The maximum Gasteiger partial charge on any atom is 0.195 e. The lowest BCUT2D eigenvalue weighted by Gasteiger charge is -2.31. The van der Waals surface area contributed by atoms with Crippen molar-refractivity contribution in [3.05, 3.63) is 10.6 Å². The summed E-state index contributed by atoms with van der Waals surface area (Å²) in [4.78, 5) is 21.2. The second-order valence-corrected chi connectivity index (χ2v) is 4.13. The van der Waals surface area contributed by atoms with Crippen molar-refractivity contribution in [2.75, 3.05) is 0 Å². The molecule has 0 bridgehead atoms. The molecule has 2 N–H and O–H groups in total. The largest absolute Gasteiger partial charge is 0.306 e. The SMILES string of the molecule is CC1=C(Cl)C(=O)C(C)C(N)(Cl)C1=O. The van der Waals surface area contributed by atoms with Gasteiger partial charge >= 0.3 is 0 Å². The van der Waals surface area contributed by atoms with Crippen molar-refractivity contribution in [1.29, 1.82) is 0 Å². The predicted molar refractivity (Wildman–Crippen MR) is 50.5 cm³/mol. The van der Waals surface area contributed by atoms with Crippen molar-refractivity contribution in [1.82, 2.24) is 0 Å². The summed E-state index contributed by atoms with van der Waals surface area (Å²) in [6.45, 7) is 2.93. The Morgan fingerprint density at radius 3 is 2.38 bits per heavy atom. The van der Waals surface area contributed by atoms with Crippen LogP contribution in [0.25, 0.3) is 0 Å². The monoisotopic (exact) mass is 221 g/mol. The number of nitrogens with two attached hydrogens (primary N) is 1. The highest BCUT2D eigenvalue weighted by molar-refractivity contribution is 6.50. The van der Waals surface area contributed by atoms with Crippen molar-refractivity contribution in [3.63, 3.8) is 0 Å². The quantitative estimate of drug-likeness (QED) is 0.494. The number of hydrogen-bond donors (Lipinski definition) is 1. The third kappa shape index (κ3) is 1.41. The Morgan fingerprint density at radius 2 is 1.92 bits per heavy atom. The predicted octanol–water partition coefficient (Wildman–Crippen LogP) is 1.18. The Labute approximate surface area is 85.9 Å². The first kappa shape index (κ1) is 10.7. The minimum atomic E-state index is -1.64. The zero-order chi connectivity index (χ0) is 10.4. The molecule has 0 aliphatic heterocycles. The maximum absolute atomic E-state index is 11.5. The number of allylic oxidation sites excluding steroid dienone is 1. The third-order valence-corrected chi connectivity index (χ3v) is 3.23. The molecule has 1 aliphatic carbocycles. The van der Waals surface area contributed by atoms with Crippen LogP contribution < -0.4 is 5.73 Å². The molecule has 0 aromatic heterocycles. The van der Waals surface area contributed by atoms with Crippen LogP contribution in [0.5, 0.6) is 0 Å². The van der Waals surface area contributed by atoms with Crippen LogP contribution in [0, 0.1) is 5.92 Å². The van der Waals surface area contributed by atoms with Gasteiger partial charge < -0.3 is 5.73 Å². The Hall–Kier alpha value is -0.380. The summed E-state index contributed by atoms with van der Waals surface area (Å²) >= 11 is 11.4. The molecule has 0 radical (unpaired) electrons. The lowest BCUT2D eigenvalue weighted by molar-refractivity contribution is -0.127. The second-order valence-electron chi connectivity index (χ2n) is 3.12. The Morgan fingerprint density at radius 1 is 1.46 bits per heavy atom. The van der Waals surface area contributed by atoms with E-state index in [9.17, 15) is 9.59 Å². The molecule has 0 heterocycles. The summed E-state index contributed by atoms with van der Waals surface area (Å²) in [5.74, 6) is -1.64. The van der Waals surface area contributed by atoms with Gasteiger partial charge in [-0.2, -0.15) is 0 Å². The van der Waals surface area contributed by atoms with Crippen LogP contribution in [0.15, 0.2) is 10.6 Å². The first-order chi connectivity index (χ1) is 5.80. The van der Waals surface area contributed by atoms with E-state index >= 15 is 0 Å². The fourth-order valence-corrected chi connectivity index (χ4v) is 1.64. The first-order valence-corrected chi connectivity index (χ1v) is 4.49. The number of carbonyl (C=O) groups excluding carboxylic acids is 2. The van der Waals surface area contributed by atoms with E-state index in [4.69, 9.17) is 28.9 Å². The van der Waals surface area contributed by atoms with E-state index in [0.29, 0.717) is 0 Å². The topological polar surface area (TPSA) is 60.2 Å². The highest BCUT2D eigenvalue weighted by Crippen LogP contribution is 2.34. The van der Waals surface area contributed by atoms with Crippen LogP contribution in [-0.2, 0) is 9.59 Å². The molecule has 2 unspecified atom stereocenters. The van der Waals surface area contributed by atoms with Crippen molar-refractivity contribution in [2.45, 2.75) is 18.8 Å². The molecule has 0 spiro atoms. The fourth-order valence-electron chi connectivity index (χ4n) is 1.15. The highest BCUT2D eigenvalue weighted by Gasteiger charge is 2.47. The van der Waals surface area contributed by atoms with Gasteiger partial charge in [0.2, 0.25) is 0 Å². The van der Waals surface area contributed by atoms with E-state index in [1.54, 1.807) is 0 Å². The maximum atomic E-state index is 11.5. The van der Waals surface area contributed by atoms with Crippen LogP contribution in [0.3, 0.4) is 0 Å². The summed E-state index contributed by atoms with van der Waals surface area (Å²) in [6, 6.07) is 0. The zero-order valence-corrected chi connectivity index (χ0v) is 8.74. The molecule has 72 valence electrons. The first-order valence-electron chi connectivity index (χ1n) is 3.73. The molecule has 0 saturated heterocycles. The number of Topliss-reactive ketones (excluding diaryl/α,β-unsaturated/α-hetero) is 2. The Kier molecular flexibility index (Phi) is 2.54. The smallest absolute Gasteiger partial charge is 0.195 e. The van der Waals surface area contributed by atoms with E-state index in [2.05, 4.69) is 0 Å². The van der Waals surface area contributed by atoms with E-state index in [1.807, 2.05) is 0 Å². The lowest BCUT2D eigenvalue weighted by Crippen LogP contribution is -2.54. The summed E-state index contributed by atoms with van der Waals surface area (Å²) in [7, 11) is 0. The van der Waals surface area contributed by atoms with Crippen LogP contribution in [0.2, 0.25) is 0 Å². The van der Waals surface area contributed by atoms with Gasteiger partial charge in [0.05, 0.1) is 11.0 Å². The van der Waals surface area contributed by atoms with Crippen molar-refractivity contribution >= 4 is 34.8 Å². The zero-order valence-electron chi connectivity index (χ0n) is 7.23. The summed E-state index contributed by atoms with van der Waals surface area (Å²) in [5, 5.41) is -0.0563. The van der Waals surface area contributed by atoms with Crippen LogP contribution in [-0.4, -0.2) is 16.6 Å². The number of hydrogen-bond acceptors (Lipinski definition) is 3. The lowest BCUT2D eigenvalue weighted by atomic mass is 9.84. The normalized spacial score (nSPS) is 35.6. The number of halogens is 2. The van der Waals surface area contributed by atoms with Crippen molar-refractivity contribution in [2.24, 2.45) is 11.7 Å². The molecule has 0 saturated carbocycles. The van der Waals surface area contributed by atoms with Gasteiger partial charge in [-0.05, 0) is 6.92 Å². The minimum Gasteiger partial charge on any atom is -0.306 e. The number of ketones is 2. The molecule has 2 atom stereocenters. The van der Waals surface area contributed by atoms with Gasteiger partial charge in [-0.3, -0.25) is 9.59 Å². The molecule has 1 aliphatic rings. The standard InChI is InChI=1S/C8H9Cl2NO2/c1-3-5(9)6(12)4(2)8(10,11)7(3)13/h4H,11H2,1-2H3. The molecule has 0 amide bonds. The van der Waals surface area contributed by atoms with Gasteiger partial charge in [-0.1, -0.05) is 30.1 Å². The minimum absolute atomic E-state index is 0.0563. The molecule has 0 fully saturated rings. The molecule has 0 aromatic rings. The molecular formula is C8H9Cl2NO2. The summed E-state index contributed by atoms with van der Waals surface area (Å²) < 4.78 is 0. The summed E-state index contributed by atoms with van der Waals surface area (Å²) in [5.41, 5.74) is 5.65. The van der Waals surface area contributed by atoms with Crippen molar-refractivity contribution in [3.8, 4) is 0 Å². The molecular weight excluding hydrogens is 213 g/mol. The van der Waals surface area contributed by atoms with Gasteiger partial charge in [-0.15, -0.1) is 0 Å². The van der Waals surface area contributed by atoms with E-state index < -0.39 is 16.7 Å². The average molecular weight is 222 g/mol. The van der Waals surface area contributed by atoms with E-state index in [0.717, 1.165) is 0 Å². The Balaban J connectivity index is 3.31. The van der Waals surface area contributed by atoms with Crippen LogP contribution in [0.1, 0.15) is 13.8 Å². The van der Waals surface area contributed by atoms with E-state index in [1.165, 1.54) is 13.8 Å². The number of alkyl halides is 1. The molecule has 13 heavy (non-hydrogen) atoms. The average Bonchev–Trinajstić information content (AvgIpc) is 2.09. The summed E-state index contributed by atoms with van der Waals surface area (Å²) in [6.07, 6.45) is 0. The molecule has 5 heteroatoms. The van der Waals surface area contributed by atoms with Gasteiger partial charge in [0, 0.05) is 5.57 Å². The molecule has 1 rings (SSSR count). The van der Waals surface area contributed by atoms with Gasteiger partial charge in [0.25, 0.3) is 0 Å². The van der Waals surface area contributed by atoms with Gasteiger partial charge in [0.15, 0.2) is 16.6 Å². The van der Waals surface area contributed by atoms with Crippen molar-refractivity contribution < 1.29 is 9.59 Å². The molecule has 0 aromatic carbocycles. The third-order valence-electron chi connectivity index (χ3n) is 2.26. The highest BCUT2D eigenvalue weighted by atomic mass is 35.5. The number of carbonyl (C=O) groups is 2.